The number of hydrogen-bond donors (Lipinski definition) is 1. The summed E-state index contributed by atoms with van der Waals surface area (Å²) >= 11 is 17.5. The zero-order valence-electron chi connectivity index (χ0n) is 6.81. The first-order valence-corrected chi connectivity index (χ1v) is 4.66. The van der Waals surface area contributed by atoms with Gasteiger partial charge in [0.15, 0.2) is 0 Å². The molecule has 0 saturated heterocycles. The molecule has 1 aromatic carbocycles. The maximum Gasteiger partial charge on any atom is 0.0935 e. The molecular weight excluding hydrogens is 230 g/mol. The molecule has 70 valence electrons. The summed E-state index contributed by atoms with van der Waals surface area (Å²) in [7, 11) is 0. The van der Waals surface area contributed by atoms with Gasteiger partial charge in [-0.1, -0.05) is 34.8 Å². The van der Waals surface area contributed by atoms with Gasteiger partial charge in [0.1, 0.15) is 0 Å². The minimum Gasteiger partial charge on any atom is -0.276 e. The Morgan fingerprint density at radius 3 is 2.23 bits per heavy atom. The van der Waals surface area contributed by atoms with Gasteiger partial charge in [0.05, 0.1) is 15.7 Å². The normalized spacial score (nSPS) is 10.8. The molecule has 0 radical (unpaired) electrons. The van der Waals surface area contributed by atoms with Crippen LogP contribution in [-0.2, 0) is 0 Å². The summed E-state index contributed by atoms with van der Waals surface area (Å²) in [6, 6.07) is 3.20. The Bertz CT molecular complexity index is 313. The number of halogens is 3. The first-order chi connectivity index (χ1) is 6.15. The van der Waals surface area contributed by atoms with Gasteiger partial charge in [-0.05, 0) is 19.1 Å². The van der Waals surface area contributed by atoms with Crippen LogP contribution in [0.25, 0.3) is 0 Å². The Morgan fingerprint density at radius 1 is 1.23 bits per heavy atom. The van der Waals surface area contributed by atoms with Crippen molar-refractivity contribution in [1.29, 1.82) is 0 Å². The quantitative estimate of drug-likeness (QED) is 0.609. The molecule has 1 rings (SSSR count). The average molecular weight is 238 g/mol. The largest absolute Gasteiger partial charge is 0.276 e. The van der Waals surface area contributed by atoms with Crippen molar-refractivity contribution >= 4 is 46.7 Å². The Morgan fingerprint density at radius 2 is 1.77 bits per heavy atom. The fourth-order valence-electron chi connectivity index (χ4n) is 0.778. The fraction of sp³-hybridized carbons (Fsp3) is 0.125. The minimum atomic E-state index is 0.447. The predicted molar refractivity (Wildman–Crippen MR) is 59.3 cm³/mol. The Labute approximate surface area is 91.5 Å². The number of nitrogens with one attached hydrogen (secondary N) is 1. The van der Waals surface area contributed by atoms with Crippen LogP contribution >= 0.6 is 34.8 Å². The molecule has 0 unspecified atom stereocenters. The van der Waals surface area contributed by atoms with E-state index >= 15 is 0 Å². The Kier molecular flexibility index (Phi) is 3.85. The van der Waals surface area contributed by atoms with E-state index in [1.54, 1.807) is 25.3 Å². The number of nitrogens with zero attached hydrogens (tertiary/aromatic N) is 1. The fourth-order valence-corrected chi connectivity index (χ4v) is 1.68. The molecule has 0 aliphatic carbocycles. The average Bonchev–Trinajstić information content (AvgIpc) is 2.02. The molecule has 0 spiro atoms. The second-order valence-electron chi connectivity index (χ2n) is 2.24. The van der Waals surface area contributed by atoms with Gasteiger partial charge in [0.25, 0.3) is 0 Å². The van der Waals surface area contributed by atoms with E-state index < -0.39 is 0 Å². The molecule has 0 fully saturated rings. The molecule has 0 atom stereocenters. The van der Waals surface area contributed by atoms with Gasteiger partial charge in [-0.15, -0.1) is 0 Å². The first-order valence-electron chi connectivity index (χ1n) is 3.53. The first kappa shape index (κ1) is 10.6. The third-order valence-corrected chi connectivity index (χ3v) is 2.13. The van der Waals surface area contributed by atoms with E-state index in [0.29, 0.717) is 20.8 Å². The smallest absolute Gasteiger partial charge is 0.0935 e. The van der Waals surface area contributed by atoms with Crippen molar-refractivity contribution in [2.45, 2.75) is 6.92 Å². The highest BCUT2D eigenvalue weighted by atomic mass is 35.5. The van der Waals surface area contributed by atoms with Crippen molar-refractivity contribution in [2.75, 3.05) is 5.43 Å². The lowest BCUT2D eigenvalue weighted by molar-refractivity contribution is 1.35. The van der Waals surface area contributed by atoms with Crippen molar-refractivity contribution in [2.24, 2.45) is 5.10 Å². The monoisotopic (exact) mass is 236 g/mol. The van der Waals surface area contributed by atoms with Crippen LogP contribution in [0.5, 0.6) is 0 Å². The molecule has 13 heavy (non-hydrogen) atoms. The summed E-state index contributed by atoms with van der Waals surface area (Å²) in [5.41, 5.74) is 3.27. The van der Waals surface area contributed by atoms with Crippen LogP contribution in [0, 0.1) is 0 Å². The van der Waals surface area contributed by atoms with Crippen LogP contribution in [0.4, 0.5) is 5.69 Å². The number of rotatable bonds is 2. The highest BCUT2D eigenvalue weighted by Gasteiger charge is 2.05. The van der Waals surface area contributed by atoms with E-state index in [9.17, 15) is 0 Å². The van der Waals surface area contributed by atoms with E-state index in [-0.39, 0.29) is 0 Å². The van der Waals surface area contributed by atoms with Gasteiger partial charge in [0, 0.05) is 11.2 Å². The maximum atomic E-state index is 5.87. The van der Waals surface area contributed by atoms with E-state index in [1.165, 1.54) is 0 Å². The number of anilines is 1. The molecule has 0 saturated carbocycles. The molecule has 0 aromatic heterocycles. The Balaban J connectivity index is 3.05. The van der Waals surface area contributed by atoms with Crippen LogP contribution in [0.15, 0.2) is 17.2 Å². The summed E-state index contributed by atoms with van der Waals surface area (Å²) in [6.07, 6.45) is 1.60. The zero-order valence-corrected chi connectivity index (χ0v) is 9.08. The molecule has 0 aliphatic rings. The molecule has 5 heteroatoms. The van der Waals surface area contributed by atoms with Crippen molar-refractivity contribution in [3.8, 4) is 0 Å². The van der Waals surface area contributed by atoms with Gasteiger partial charge < -0.3 is 0 Å². The summed E-state index contributed by atoms with van der Waals surface area (Å²) < 4.78 is 0. The lowest BCUT2D eigenvalue weighted by Crippen LogP contribution is -1.90. The molecule has 1 N–H and O–H groups in total. The minimum absolute atomic E-state index is 0.447. The lowest BCUT2D eigenvalue weighted by atomic mass is 10.3. The van der Waals surface area contributed by atoms with Gasteiger partial charge in [-0.2, -0.15) is 5.10 Å². The molecule has 0 heterocycles. The second kappa shape index (κ2) is 4.70. The van der Waals surface area contributed by atoms with Crippen LogP contribution in [0.3, 0.4) is 0 Å². The SMILES string of the molecule is C/C=N/Nc1c(Cl)cc(Cl)cc1Cl. The number of hydrogen-bond acceptors (Lipinski definition) is 2. The molecule has 0 aliphatic heterocycles. The van der Waals surface area contributed by atoms with Crippen LogP contribution in [0.1, 0.15) is 6.92 Å². The molecule has 0 amide bonds. The van der Waals surface area contributed by atoms with Gasteiger partial charge in [-0.3, -0.25) is 5.43 Å². The third kappa shape index (κ3) is 2.76. The van der Waals surface area contributed by atoms with E-state index in [4.69, 9.17) is 34.8 Å². The van der Waals surface area contributed by atoms with E-state index in [0.717, 1.165) is 0 Å². The van der Waals surface area contributed by atoms with Crippen LogP contribution < -0.4 is 5.43 Å². The number of hydrazone groups is 1. The van der Waals surface area contributed by atoms with Gasteiger partial charge >= 0.3 is 0 Å². The summed E-state index contributed by atoms with van der Waals surface area (Å²) in [4.78, 5) is 0. The van der Waals surface area contributed by atoms with E-state index in [2.05, 4.69) is 10.5 Å². The van der Waals surface area contributed by atoms with Crippen molar-refractivity contribution in [3.05, 3.63) is 27.2 Å². The zero-order chi connectivity index (χ0) is 9.84. The topological polar surface area (TPSA) is 24.4 Å². The summed E-state index contributed by atoms with van der Waals surface area (Å²) in [6.45, 7) is 1.78. The second-order valence-corrected chi connectivity index (χ2v) is 3.49. The molecule has 0 bridgehead atoms. The maximum absolute atomic E-state index is 5.87. The van der Waals surface area contributed by atoms with Crippen LogP contribution in [0.2, 0.25) is 15.1 Å². The highest BCUT2D eigenvalue weighted by molar-refractivity contribution is 6.41. The van der Waals surface area contributed by atoms with E-state index in [1.807, 2.05) is 0 Å². The molecule has 1 aromatic rings. The summed E-state index contributed by atoms with van der Waals surface area (Å²) in [5, 5.41) is 5.20. The van der Waals surface area contributed by atoms with Gasteiger partial charge in [-0.25, -0.2) is 0 Å². The van der Waals surface area contributed by atoms with Gasteiger partial charge in [0.2, 0.25) is 0 Å². The third-order valence-electron chi connectivity index (χ3n) is 1.31. The standard InChI is InChI=1S/C8H7Cl3N2/c1-2-12-13-8-6(10)3-5(9)4-7(8)11/h2-4,13H,1H3/b12-2+. The van der Waals surface area contributed by atoms with Crippen molar-refractivity contribution in [3.63, 3.8) is 0 Å². The molecule has 2 nitrogen and oxygen atoms in total. The predicted octanol–water partition coefficient (Wildman–Crippen LogP) is 4.06. The van der Waals surface area contributed by atoms with Crippen LogP contribution in [-0.4, -0.2) is 6.21 Å². The van der Waals surface area contributed by atoms with Crippen molar-refractivity contribution < 1.29 is 0 Å². The molecular formula is C8H7Cl3N2. The Hall–Kier alpha value is -0.440. The number of benzene rings is 1. The highest BCUT2D eigenvalue weighted by Crippen LogP contribution is 2.33. The van der Waals surface area contributed by atoms with Crippen molar-refractivity contribution in [1.82, 2.24) is 0 Å². The summed E-state index contributed by atoms with van der Waals surface area (Å²) in [5.74, 6) is 0. The lowest BCUT2D eigenvalue weighted by Gasteiger charge is -2.05.